The van der Waals surface area contributed by atoms with E-state index in [9.17, 15) is 25.0 Å². The molecule has 9 nitrogen and oxygen atoms in total. The average Bonchev–Trinajstić information content (AvgIpc) is 3.47. The number of nitro benzene ring substituents is 1. The van der Waals surface area contributed by atoms with Gasteiger partial charge in [0.1, 0.15) is 23.2 Å². The van der Waals surface area contributed by atoms with Crippen LogP contribution in [-0.2, 0) is 14.3 Å². The van der Waals surface area contributed by atoms with Crippen molar-refractivity contribution in [1.82, 2.24) is 4.90 Å². The molecule has 2 aromatic rings. The lowest BCUT2D eigenvalue weighted by Gasteiger charge is -2.29. The molecule has 1 fully saturated rings. The number of rotatable bonds is 5. The Hall–Kier alpha value is -4.03. The van der Waals surface area contributed by atoms with Gasteiger partial charge in [0.15, 0.2) is 0 Å². The number of nitrogens with zero attached hydrogens (tertiary/aromatic N) is 3. The molecule has 1 atom stereocenters. The number of hydrogen-bond acceptors (Lipinski definition) is 7. The summed E-state index contributed by atoms with van der Waals surface area (Å²) in [7, 11) is 0. The molecule has 1 unspecified atom stereocenters. The Morgan fingerprint density at radius 3 is 2.72 bits per heavy atom. The van der Waals surface area contributed by atoms with Gasteiger partial charge in [-0.1, -0.05) is 12.1 Å². The van der Waals surface area contributed by atoms with Crippen LogP contribution in [0.1, 0.15) is 25.5 Å². The number of para-hydroxylation sites is 1. The summed E-state index contributed by atoms with van der Waals surface area (Å²) in [5.41, 5.74) is 0.500. The van der Waals surface area contributed by atoms with E-state index < -0.39 is 16.7 Å². The highest BCUT2D eigenvalue weighted by Gasteiger charge is 2.37. The van der Waals surface area contributed by atoms with E-state index in [0.29, 0.717) is 12.2 Å². The van der Waals surface area contributed by atoms with Crippen molar-refractivity contribution in [2.45, 2.75) is 25.9 Å². The van der Waals surface area contributed by atoms with Gasteiger partial charge in [-0.15, -0.1) is 0 Å². The first kappa shape index (κ1) is 21.2. The number of carbonyl (C=O) groups is 2. The molecule has 1 aromatic heterocycles. The van der Waals surface area contributed by atoms with Crippen LogP contribution in [0.2, 0.25) is 0 Å². The highest BCUT2D eigenvalue weighted by atomic mass is 16.6. The summed E-state index contributed by atoms with van der Waals surface area (Å²) in [4.78, 5) is 37.7. The third kappa shape index (κ3) is 3.84. The smallest absolute Gasteiger partial charge is 0.280 e. The fraction of sp³-hybridized carbons (Fsp3) is 0.261. The summed E-state index contributed by atoms with van der Waals surface area (Å²) in [6, 6.07) is 11.2. The second-order valence-electron chi connectivity index (χ2n) is 7.50. The zero-order valence-electron chi connectivity index (χ0n) is 17.2. The molecule has 4 rings (SSSR count). The molecule has 32 heavy (non-hydrogen) atoms. The van der Waals surface area contributed by atoms with Crippen LogP contribution in [0.4, 0.5) is 5.69 Å². The molecular weight excluding hydrogens is 414 g/mol. The van der Waals surface area contributed by atoms with E-state index in [4.69, 9.17) is 9.15 Å². The molecule has 0 radical (unpaired) electrons. The molecule has 2 aliphatic rings. The van der Waals surface area contributed by atoms with Crippen LogP contribution in [-0.4, -0.2) is 40.9 Å². The Kier molecular flexibility index (Phi) is 5.71. The molecule has 0 spiro atoms. The molecule has 1 aromatic carbocycles. The van der Waals surface area contributed by atoms with Crippen LogP contribution < -0.4 is 0 Å². The number of ether oxygens (including phenoxy) is 1. The molecule has 0 N–H and O–H groups in total. The van der Waals surface area contributed by atoms with Crippen molar-refractivity contribution in [1.29, 1.82) is 5.26 Å². The van der Waals surface area contributed by atoms with Crippen molar-refractivity contribution in [3.05, 3.63) is 69.0 Å². The number of benzene rings is 1. The Morgan fingerprint density at radius 2 is 2.03 bits per heavy atom. The molecule has 3 heterocycles. The van der Waals surface area contributed by atoms with Crippen molar-refractivity contribution in [2.75, 3.05) is 13.2 Å². The van der Waals surface area contributed by atoms with Crippen LogP contribution in [0, 0.1) is 21.4 Å². The molecule has 1 saturated heterocycles. The predicted octanol–water partition coefficient (Wildman–Crippen LogP) is 3.63. The minimum atomic E-state index is -0.636. The summed E-state index contributed by atoms with van der Waals surface area (Å²) in [5.74, 6) is -0.639. The Bertz CT molecular complexity index is 1210. The molecule has 0 aliphatic carbocycles. The largest absolute Gasteiger partial charge is 0.456 e. The van der Waals surface area contributed by atoms with Gasteiger partial charge >= 0.3 is 0 Å². The maximum absolute atomic E-state index is 13.1. The normalized spacial score (nSPS) is 20.2. The second-order valence-corrected chi connectivity index (χ2v) is 7.50. The molecule has 9 heteroatoms. The lowest BCUT2D eigenvalue weighted by atomic mass is 9.94. The van der Waals surface area contributed by atoms with Gasteiger partial charge in [0.25, 0.3) is 17.5 Å². The van der Waals surface area contributed by atoms with Gasteiger partial charge in [-0.05, 0) is 49.6 Å². The van der Waals surface area contributed by atoms with Crippen molar-refractivity contribution in [3.8, 4) is 17.4 Å². The van der Waals surface area contributed by atoms with E-state index in [-0.39, 0.29) is 46.6 Å². The van der Waals surface area contributed by atoms with Gasteiger partial charge in [0, 0.05) is 18.2 Å². The van der Waals surface area contributed by atoms with Crippen molar-refractivity contribution >= 4 is 23.6 Å². The highest BCUT2D eigenvalue weighted by Crippen LogP contribution is 2.33. The van der Waals surface area contributed by atoms with Crippen LogP contribution in [0.15, 0.2) is 57.5 Å². The average molecular weight is 433 g/mol. The van der Waals surface area contributed by atoms with Crippen LogP contribution in [0.5, 0.6) is 0 Å². The molecule has 2 aliphatic heterocycles. The Morgan fingerprint density at radius 1 is 1.25 bits per heavy atom. The molecular formula is C23H19N3O6. The minimum absolute atomic E-state index is 0.0765. The number of nitro groups is 1. The molecule has 162 valence electrons. The van der Waals surface area contributed by atoms with Crippen LogP contribution in [0.25, 0.3) is 17.4 Å². The number of nitriles is 1. The predicted molar refractivity (Wildman–Crippen MR) is 113 cm³/mol. The van der Waals surface area contributed by atoms with Crippen molar-refractivity contribution < 1.29 is 23.7 Å². The van der Waals surface area contributed by atoms with Gasteiger partial charge < -0.3 is 9.15 Å². The molecule has 0 saturated carbocycles. The first-order valence-electron chi connectivity index (χ1n) is 10.0. The summed E-state index contributed by atoms with van der Waals surface area (Å²) >= 11 is 0. The maximum Gasteiger partial charge on any atom is 0.280 e. The number of amides is 2. The van der Waals surface area contributed by atoms with Crippen molar-refractivity contribution in [2.24, 2.45) is 0 Å². The van der Waals surface area contributed by atoms with E-state index in [1.807, 2.05) is 6.07 Å². The van der Waals surface area contributed by atoms with Crippen LogP contribution >= 0.6 is 0 Å². The number of furan rings is 1. The zero-order chi connectivity index (χ0) is 22.8. The van der Waals surface area contributed by atoms with Crippen LogP contribution in [0.3, 0.4) is 0 Å². The van der Waals surface area contributed by atoms with E-state index in [2.05, 4.69) is 0 Å². The summed E-state index contributed by atoms with van der Waals surface area (Å²) in [6.07, 6.45) is 2.78. The number of imide groups is 1. The first-order chi connectivity index (χ1) is 15.4. The van der Waals surface area contributed by atoms with E-state index >= 15 is 0 Å². The monoisotopic (exact) mass is 433 g/mol. The van der Waals surface area contributed by atoms with Gasteiger partial charge in [-0.2, -0.15) is 5.26 Å². The van der Waals surface area contributed by atoms with E-state index in [1.54, 1.807) is 30.3 Å². The van der Waals surface area contributed by atoms with E-state index in [0.717, 1.165) is 17.7 Å². The Balaban J connectivity index is 1.71. The topological polar surface area (TPSA) is 127 Å². The van der Waals surface area contributed by atoms with Gasteiger partial charge in [0.2, 0.25) is 0 Å². The number of hydrogen-bond donors (Lipinski definition) is 0. The lowest BCUT2D eigenvalue weighted by Crippen LogP contribution is -2.46. The molecule has 0 bridgehead atoms. The fourth-order valence-corrected chi connectivity index (χ4v) is 3.85. The quantitative estimate of drug-likeness (QED) is 0.305. The zero-order valence-corrected chi connectivity index (χ0v) is 17.2. The first-order valence-corrected chi connectivity index (χ1v) is 10.0. The van der Waals surface area contributed by atoms with Gasteiger partial charge in [-0.25, -0.2) is 0 Å². The SMILES string of the molecule is CC1=C(C#N)C(=O)N(CC2CCCO2)C(=O)/C1=C\c1ccc(-c2ccccc2[N+](=O)[O-])o1. The Labute approximate surface area is 183 Å². The highest BCUT2D eigenvalue weighted by molar-refractivity contribution is 6.19. The van der Waals surface area contributed by atoms with Gasteiger partial charge in [-0.3, -0.25) is 24.6 Å². The van der Waals surface area contributed by atoms with Gasteiger partial charge in [0.05, 0.1) is 23.1 Å². The summed E-state index contributed by atoms with van der Waals surface area (Å²) in [5, 5.41) is 20.8. The van der Waals surface area contributed by atoms with E-state index in [1.165, 1.54) is 19.1 Å². The third-order valence-corrected chi connectivity index (χ3v) is 5.52. The standard InChI is InChI=1S/C23H19N3O6/c1-14-18(22(27)25(23(28)19(14)12-24)13-16-5-4-10-31-16)11-15-8-9-21(32-15)17-6-2-3-7-20(17)26(29)30/h2-3,6-9,11,16H,4-5,10,13H2,1H3/b18-11-. The number of carbonyl (C=O) groups excluding carboxylic acids is 2. The minimum Gasteiger partial charge on any atom is -0.456 e. The third-order valence-electron chi connectivity index (χ3n) is 5.52. The maximum atomic E-state index is 13.1. The second kappa shape index (κ2) is 8.61. The fourth-order valence-electron chi connectivity index (χ4n) is 3.85. The summed E-state index contributed by atoms with van der Waals surface area (Å²) < 4.78 is 11.3. The van der Waals surface area contributed by atoms with Crippen molar-refractivity contribution in [3.63, 3.8) is 0 Å². The lowest BCUT2D eigenvalue weighted by molar-refractivity contribution is -0.384. The molecule has 2 amide bonds. The summed E-state index contributed by atoms with van der Waals surface area (Å²) in [6.45, 7) is 2.19.